The summed E-state index contributed by atoms with van der Waals surface area (Å²) in [5.41, 5.74) is 5.26. The second-order valence-electron chi connectivity index (χ2n) is 2.91. The molecule has 0 saturated heterocycles. The third-order valence-corrected chi connectivity index (χ3v) is 4.14. The highest BCUT2D eigenvalue weighted by molar-refractivity contribution is 9.10. The molecule has 0 heterocycles. The van der Waals surface area contributed by atoms with Crippen LogP contribution in [0.4, 0.5) is 0 Å². The van der Waals surface area contributed by atoms with Gasteiger partial charge < -0.3 is 5.73 Å². The van der Waals surface area contributed by atoms with E-state index in [0.717, 1.165) is 4.47 Å². The van der Waals surface area contributed by atoms with E-state index in [9.17, 15) is 8.42 Å². The van der Waals surface area contributed by atoms with Gasteiger partial charge in [0.1, 0.15) is 0 Å². The molecule has 1 aromatic rings. The molecule has 3 nitrogen and oxygen atoms in total. The van der Waals surface area contributed by atoms with E-state index in [0.29, 0.717) is 0 Å². The number of hydrogen-bond acceptors (Lipinski definition) is 3. The lowest BCUT2D eigenvalue weighted by molar-refractivity contribution is 0.602. The maximum Gasteiger partial charge on any atom is 0.208 e. The fourth-order valence-electron chi connectivity index (χ4n) is 0.929. The normalized spacial score (nSPS) is 11.0. The van der Waals surface area contributed by atoms with Crippen LogP contribution in [0, 0.1) is 0 Å². The van der Waals surface area contributed by atoms with Crippen molar-refractivity contribution in [2.24, 2.45) is 5.73 Å². The van der Waals surface area contributed by atoms with Gasteiger partial charge in [-0.15, -0.1) is 0 Å². The van der Waals surface area contributed by atoms with Crippen LogP contribution in [0.2, 0.25) is 0 Å². The summed E-state index contributed by atoms with van der Waals surface area (Å²) in [6, 6.07) is 6.24. The van der Waals surface area contributed by atoms with Crippen molar-refractivity contribution in [2.75, 3.05) is 0 Å². The van der Waals surface area contributed by atoms with Crippen LogP contribution in [0.5, 0.6) is 0 Å². The van der Waals surface area contributed by atoms with E-state index in [4.69, 9.17) is 5.73 Å². The zero-order valence-corrected chi connectivity index (χ0v) is 10.3. The third-order valence-electron chi connectivity index (χ3n) is 1.81. The van der Waals surface area contributed by atoms with E-state index < -0.39 is 9.84 Å². The van der Waals surface area contributed by atoms with E-state index >= 15 is 0 Å². The topological polar surface area (TPSA) is 60.2 Å². The van der Waals surface area contributed by atoms with Gasteiger partial charge in [-0.2, -0.15) is 0 Å². The Bertz CT molecular complexity index is 503. The molecule has 1 aromatic carbocycles. The minimum absolute atomic E-state index is 0.0436. The molecule has 5 heteroatoms. The molecule has 0 aliphatic carbocycles. The monoisotopic (exact) mass is 287 g/mol. The van der Waals surface area contributed by atoms with Crippen molar-refractivity contribution in [3.8, 4) is 0 Å². The van der Waals surface area contributed by atoms with Gasteiger partial charge in [0.25, 0.3) is 0 Å². The molecule has 15 heavy (non-hydrogen) atoms. The second-order valence-corrected chi connectivity index (χ2v) is 5.79. The lowest BCUT2D eigenvalue weighted by atomic mass is 10.4. The molecular formula is C10H10BrNO2S. The molecule has 0 fully saturated rings. The summed E-state index contributed by atoms with van der Waals surface area (Å²) in [7, 11) is -3.59. The first kappa shape index (κ1) is 12.0. The van der Waals surface area contributed by atoms with Gasteiger partial charge in [-0.3, -0.25) is 0 Å². The fraction of sp³-hybridized carbons (Fsp3) is 0. The first-order valence-electron chi connectivity index (χ1n) is 4.00. The minimum atomic E-state index is -3.59. The van der Waals surface area contributed by atoms with Gasteiger partial charge in [-0.1, -0.05) is 29.1 Å². The number of benzene rings is 1. The van der Waals surface area contributed by atoms with Gasteiger partial charge in [-0.25, -0.2) is 8.42 Å². The van der Waals surface area contributed by atoms with Gasteiger partial charge in [0.05, 0.1) is 9.80 Å². The highest BCUT2D eigenvalue weighted by atomic mass is 79.9. The lowest BCUT2D eigenvalue weighted by Crippen LogP contribution is -2.10. The standard InChI is InChI=1S/C10H10BrNO2S/c1-7(12)8(2)15(13,14)10-5-3-9(11)4-6-10/h3-6H,1-2,12H2. The second kappa shape index (κ2) is 4.20. The Kier molecular flexibility index (Phi) is 3.36. The fourth-order valence-corrected chi connectivity index (χ4v) is 2.32. The van der Waals surface area contributed by atoms with E-state index in [1.54, 1.807) is 12.1 Å². The molecule has 0 atom stereocenters. The predicted octanol–water partition coefficient (Wildman–Crippen LogP) is 2.21. The Morgan fingerprint density at radius 2 is 1.67 bits per heavy atom. The number of hydrogen-bond donors (Lipinski definition) is 1. The Labute approximate surface area is 97.3 Å². The zero-order chi connectivity index (χ0) is 11.6. The first-order valence-corrected chi connectivity index (χ1v) is 6.27. The minimum Gasteiger partial charge on any atom is -0.398 e. The van der Waals surface area contributed by atoms with Gasteiger partial charge in [0.15, 0.2) is 0 Å². The van der Waals surface area contributed by atoms with Crippen LogP contribution in [0.3, 0.4) is 0 Å². The maximum atomic E-state index is 11.8. The third kappa shape index (κ3) is 2.49. The average Bonchev–Trinajstić information content (AvgIpc) is 2.17. The lowest BCUT2D eigenvalue weighted by Gasteiger charge is -2.06. The first-order chi connectivity index (χ1) is 6.85. The molecule has 0 radical (unpaired) electrons. The van der Waals surface area contributed by atoms with E-state index in [1.165, 1.54) is 12.1 Å². The Morgan fingerprint density at radius 3 is 2.07 bits per heavy atom. The highest BCUT2D eigenvalue weighted by Crippen LogP contribution is 2.22. The summed E-state index contributed by atoms with van der Waals surface area (Å²) in [5.74, 6) is 0. The molecule has 0 bridgehead atoms. The summed E-state index contributed by atoms with van der Waals surface area (Å²) in [4.78, 5) is -0.00729. The smallest absolute Gasteiger partial charge is 0.208 e. The van der Waals surface area contributed by atoms with Gasteiger partial charge in [-0.05, 0) is 24.3 Å². The number of rotatable bonds is 3. The van der Waals surface area contributed by atoms with Crippen LogP contribution >= 0.6 is 15.9 Å². The van der Waals surface area contributed by atoms with Crippen molar-refractivity contribution in [3.63, 3.8) is 0 Å². The quantitative estimate of drug-likeness (QED) is 0.867. The van der Waals surface area contributed by atoms with Crippen molar-refractivity contribution < 1.29 is 8.42 Å². The van der Waals surface area contributed by atoms with Crippen LogP contribution in [0.1, 0.15) is 0 Å². The Balaban J connectivity index is 3.24. The van der Waals surface area contributed by atoms with Crippen LogP contribution in [0.25, 0.3) is 0 Å². The molecule has 0 aromatic heterocycles. The summed E-state index contributed by atoms with van der Waals surface area (Å²) in [5, 5.41) is 0. The largest absolute Gasteiger partial charge is 0.398 e. The van der Waals surface area contributed by atoms with Crippen molar-refractivity contribution in [1.29, 1.82) is 0 Å². The average molecular weight is 288 g/mol. The van der Waals surface area contributed by atoms with Crippen molar-refractivity contribution in [2.45, 2.75) is 4.90 Å². The van der Waals surface area contributed by atoms with Crippen molar-refractivity contribution in [1.82, 2.24) is 0 Å². The SMILES string of the molecule is C=C(N)C(=C)S(=O)(=O)c1ccc(Br)cc1. The summed E-state index contributed by atoms with van der Waals surface area (Å²) in [6.07, 6.45) is 0. The molecule has 0 saturated carbocycles. The molecule has 0 amide bonds. The summed E-state index contributed by atoms with van der Waals surface area (Å²) < 4.78 is 24.5. The Morgan fingerprint density at radius 1 is 1.20 bits per heavy atom. The molecule has 0 spiro atoms. The van der Waals surface area contributed by atoms with E-state index in [1.807, 2.05) is 0 Å². The van der Waals surface area contributed by atoms with Crippen LogP contribution in [0.15, 0.2) is 57.4 Å². The highest BCUT2D eigenvalue weighted by Gasteiger charge is 2.19. The van der Waals surface area contributed by atoms with E-state index in [-0.39, 0.29) is 15.5 Å². The van der Waals surface area contributed by atoms with Crippen molar-refractivity contribution >= 4 is 25.8 Å². The maximum absolute atomic E-state index is 11.8. The summed E-state index contributed by atoms with van der Waals surface area (Å²) in [6.45, 7) is 6.75. The van der Waals surface area contributed by atoms with Gasteiger partial charge >= 0.3 is 0 Å². The number of nitrogens with two attached hydrogens (primary N) is 1. The van der Waals surface area contributed by atoms with Gasteiger partial charge in [0, 0.05) is 10.2 Å². The molecule has 0 unspecified atom stereocenters. The number of sulfone groups is 1. The predicted molar refractivity (Wildman–Crippen MR) is 63.8 cm³/mol. The van der Waals surface area contributed by atoms with Crippen molar-refractivity contribution in [3.05, 3.63) is 52.5 Å². The molecule has 80 valence electrons. The molecule has 0 aliphatic rings. The van der Waals surface area contributed by atoms with Gasteiger partial charge in [0.2, 0.25) is 9.84 Å². The Hall–Kier alpha value is -1.07. The van der Waals surface area contributed by atoms with E-state index in [2.05, 4.69) is 29.1 Å². The molecule has 2 N–H and O–H groups in total. The van der Waals surface area contributed by atoms with Crippen LogP contribution in [-0.2, 0) is 9.84 Å². The molecule has 0 aliphatic heterocycles. The number of halogens is 1. The summed E-state index contributed by atoms with van der Waals surface area (Å²) >= 11 is 3.22. The zero-order valence-electron chi connectivity index (χ0n) is 7.90. The van der Waals surface area contributed by atoms with Crippen LogP contribution in [-0.4, -0.2) is 8.42 Å². The van der Waals surface area contributed by atoms with Crippen LogP contribution < -0.4 is 5.73 Å². The molecular weight excluding hydrogens is 278 g/mol. The molecule has 1 rings (SSSR count).